The maximum absolute atomic E-state index is 5.47. The molecule has 0 aliphatic heterocycles. The maximum Gasteiger partial charge on any atom is 0.134 e. The van der Waals surface area contributed by atoms with Crippen molar-refractivity contribution in [2.75, 3.05) is 0 Å². The lowest BCUT2D eigenvalue weighted by Gasteiger charge is -2.03. The van der Waals surface area contributed by atoms with Crippen LogP contribution in [0, 0.1) is 13.8 Å². The molecular formula is C58H80N2S6. The lowest BCUT2D eigenvalue weighted by Crippen LogP contribution is -1.87. The fraction of sp³-hybridized carbons (Fsp3) is 0.586. The summed E-state index contributed by atoms with van der Waals surface area (Å²) < 4.78 is 2.52. The van der Waals surface area contributed by atoms with Gasteiger partial charge in [0.2, 0.25) is 0 Å². The van der Waals surface area contributed by atoms with Crippen molar-refractivity contribution in [3.8, 4) is 39.3 Å². The highest BCUT2D eigenvalue weighted by molar-refractivity contribution is 7.29. The molecule has 0 aliphatic rings. The molecule has 1 aromatic carbocycles. The van der Waals surface area contributed by atoms with Crippen LogP contribution in [0.3, 0.4) is 0 Å². The molecule has 0 N–H and O–H groups in total. The number of fused-ring (bicyclic) bond motifs is 2. The summed E-state index contributed by atoms with van der Waals surface area (Å²) >= 11 is 11.8. The normalized spacial score (nSPS) is 12.0. The quantitative estimate of drug-likeness (QED) is 0.0393. The van der Waals surface area contributed by atoms with Crippen molar-refractivity contribution in [1.29, 1.82) is 0 Å². The first-order valence-corrected chi connectivity index (χ1v) is 31.4. The van der Waals surface area contributed by atoms with E-state index in [1.54, 1.807) is 11.1 Å². The molecule has 2 nitrogen and oxygen atoms in total. The zero-order chi connectivity index (χ0) is 46.1. The third kappa shape index (κ3) is 14.4. The van der Waals surface area contributed by atoms with Crippen molar-refractivity contribution >= 4 is 88.5 Å². The number of rotatable bonds is 32. The van der Waals surface area contributed by atoms with Gasteiger partial charge >= 0.3 is 0 Å². The molecule has 0 aliphatic carbocycles. The summed E-state index contributed by atoms with van der Waals surface area (Å²) in [7, 11) is 0. The van der Waals surface area contributed by atoms with E-state index in [0.29, 0.717) is 0 Å². The van der Waals surface area contributed by atoms with Crippen molar-refractivity contribution in [3.63, 3.8) is 0 Å². The Kier molecular flexibility index (Phi) is 21.3. The lowest BCUT2D eigenvalue weighted by molar-refractivity contribution is 0.608. The van der Waals surface area contributed by atoms with Gasteiger partial charge in [0.15, 0.2) is 0 Å². The summed E-state index contributed by atoms with van der Waals surface area (Å²) in [6, 6.07) is 14.8. The highest BCUT2D eigenvalue weighted by Gasteiger charge is 2.22. The molecule has 8 heteroatoms. The Bertz CT molecular complexity index is 2280. The van der Waals surface area contributed by atoms with Gasteiger partial charge < -0.3 is 0 Å². The molecule has 0 saturated carbocycles. The molecule has 6 aromatic heterocycles. The lowest BCUT2D eigenvalue weighted by atomic mass is 10.0. The fourth-order valence-corrected chi connectivity index (χ4v) is 16.7. The van der Waals surface area contributed by atoms with E-state index >= 15 is 0 Å². The zero-order valence-electron chi connectivity index (χ0n) is 41.6. The highest BCUT2D eigenvalue weighted by Crippen LogP contribution is 2.48. The average molecular weight is 998 g/mol. The van der Waals surface area contributed by atoms with Gasteiger partial charge in [-0.05, 0) is 124 Å². The number of hydrogen-bond donors (Lipinski definition) is 0. The number of benzene rings is 1. The van der Waals surface area contributed by atoms with Crippen molar-refractivity contribution in [2.24, 2.45) is 0 Å². The van der Waals surface area contributed by atoms with Crippen LogP contribution in [0.15, 0.2) is 36.4 Å². The van der Waals surface area contributed by atoms with E-state index in [1.165, 1.54) is 237 Å². The largest absolute Gasteiger partial charge is 0.235 e. The van der Waals surface area contributed by atoms with Crippen LogP contribution < -0.4 is 0 Å². The first-order valence-electron chi connectivity index (χ1n) is 26.6. The van der Waals surface area contributed by atoms with Gasteiger partial charge in [-0.25, -0.2) is 9.97 Å². The van der Waals surface area contributed by atoms with Crippen molar-refractivity contribution < 1.29 is 0 Å². The molecule has 0 amide bonds. The second-order valence-corrected chi connectivity index (χ2v) is 25.9. The van der Waals surface area contributed by atoms with Crippen LogP contribution in [0.4, 0.5) is 0 Å². The van der Waals surface area contributed by atoms with E-state index in [4.69, 9.17) is 9.97 Å². The number of thiophene rings is 4. The van der Waals surface area contributed by atoms with Crippen LogP contribution in [0.1, 0.15) is 214 Å². The Labute approximate surface area is 424 Å². The minimum Gasteiger partial charge on any atom is -0.235 e. The van der Waals surface area contributed by atoms with Crippen LogP contribution in [-0.4, -0.2) is 9.97 Å². The third-order valence-electron chi connectivity index (χ3n) is 13.4. The monoisotopic (exact) mass is 996 g/mol. The standard InChI is InChI=1S/C58H80N2S6/c1-7-11-15-19-23-27-31-43-35-41(5)61-53(43)51-37-45(33-29-25-21-17-13-9-3)55(63-51)57-59-47-39-50-48(40-49(47)65-57)60-58(66-50)56-46(34-30-26-22-18-14-10-4)38-52(64-56)54-44(36-42(6)62-54)32-28-24-20-16-12-8-2/h35-40H,7-34H2,1-6H3. The van der Waals surface area contributed by atoms with E-state index in [9.17, 15) is 0 Å². The molecule has 358 valence electrons. The maximum atomic E-state index is 5.47. The smallest absolute Gasteiger partial charge is 0.134 e. The van der Waals surface area contributed by atoms with E-state index in [-0.39, 0.29) is 0 Å². The minimum atomic E-state index is 1.13. The highest BCUT2D eigenvalue weighted by atomic mass is 32.1. The van der Waals surface area contributed by atoms with Crippen molar-refractivity contribution in [3.05, 3.63) is 68.4 Å². The number of aryl methyl sites for hydroxylation is 6. The Hall–Kier alpha value is -2.20. The SMILES string of the molecule is CCCCCCCCc1cc(C)sc1-c1cc(CCCCCCCC)c(-c2nc3cc4sc(-c5sc(-c6sc(C)cc6CCCCCCCC)cc5CCCCCCCC)nc4cc3s2)s1. The predicted octanol–water partition coefficient (Wildman–Crippen LogP) is 22.0. The van der Waals surface area contributed by atoms with E-state index in [0.717, 1.165) is 23.9 Å². The molecule has 0 unspecified atom stereocenters. The Morgan fingerprint density at radius 3 is 0.955 bits per heavy atom. The third-order valence-corrected chi connectivity index (χ3v) is 20.7. The summed E-state index contributed by atoms with van der Waals surface area (Å²) in [4.78, 5) is 22.5. The Morgan fingerprint density at radius 1 is 0.318 bits per heavy atom. The second-order valence-electron chi connectivity index (χ2n) is 19.2. The predicted molar refractivity (Wildman–Crippen MR) is 304 cm³/mol. The number of nitrogens with zero attached hydrogens (tertiary/aromatic N) is 2. The van der Waals surface area contributed by atoms with Gasteiger partial charge in [-0.1, -0.05) is 156 Å². The zero-order valence-corrected chi connectivity index (χ0v) is 46.5. The molecule has 0 saturated heterocycles. The summed E-state index contributed by atoms with van der Waals surface area (Å²) in [6.45, 7) is 13.9. The van der Waals surface area contributed by atoms with Gasteiger partial charge in [-0.3, -0.25) is 0 Å². The van der Waals surface area contributed by atoms with Gasteiger partial charge in [0.25, 0.3) is 0 Å². The first kappa shape index (κ1) is 51.6. The van der Waals surface area contributed by atoms with Gasteiger partial charge in [0.05, 0.1) is 30.2 Å². The van der Waals surface area contributed by atoms with E-state index < -0.39 is 0 Å². The van der Waals surface area contributed by atoms with E-state index in [1.807, 2.05) is 68.0 Å². The van der Waals surface area contributed by atoms with Crippen LogP contribution >= 0.6 is 68.0 Å². The molecule has 0 radical (unpaired) electrons. The molecule has 7 rings (SSSR count). The van der Waals surface area contributed by atoms with Gasteiger partial charge in [0, 0.05) is 29.3 Å². The van der Waals surface area contributed by atoms with Gasteiger partial charge in [-0.15, -0.1) is 68.0 Å². The average Bonchev–Trinajstić information content (AvgIpc) is 4.18. The first-order chi connectivity index (χ1) is 32.4. The molecule has 0 fully saturated rings. The minimum absolute atomic E-state index is 1.13. The van der Waals surface area contributed by atoms with Crippen LogP contribution in [-0.2, 0) is 25.7 Å². The molecule has 0 spiro atoms. The summed E-state index contributed by atoms with van der Waals surface area (Å²) in [6.07, 6.45) is 36.7. The summed E-state index contributed by atoms with van der Waals surface area (Å²) in [5.74, 6) is 0. The van der Waals surface area contributed by atoms with Crippen molar-refractivity contribution in [1.82, 2.24) is 9.97 Å². The molecule has 0 bridgehead atoms. The molecule has 0 atom stereocenters. The number of unbranched alkanes of at least 4 members (excludes halogenated alkanes) is 20. The number of thiazole rings is 2. The molecule has 7 aromatic rings. The summed E-state index contributed by atoms with van der Waals surface area (Å²) in [5.41, 5.74) is 8.38. The van der Waals surface area contributed by atoms with Gasteiger partial charge in [0.1, 0.15) is 10.0 Å². The van der Waals surface area contributed by atoms with E-state index in [2.05, 4.69) is 77.9 Å². The molecular weight excluding hydrogens is 917 g/mol. The van der Waals surface area contributed by atoms with Crippen LogP contribution in [0.5, 0.6) is 0 Å². The fourth-order valence-electron chi connectivity index (χ4n) is 9.66. The topological polar surface area (TPSA) is 25.8 Å². The van der Waals surface area contributed by atoms with Crippen LogP contribution in [0.25, 0.3) is 59.7 Å². The van der Waals surface area contributed by atoms with Gasteiger partial charge in [-0.2, -0.15) is 0 Å². The Morgan fingerprint density at radius 2 is 0.621 bits per heavy atom. The molecule has 66 heavy (non-hydrogen) atoms. The van der Waals surface area contributed by atoms with Crippen LogP contribution in [0.2, 0.25) is 0 Å². The number of aromatic nitrogens is 2. The Balaban J connectivity index is 1.15. The van der Waals surface area contributed by atoms with Crippen molar-refractivity contribution in [2.45, 2.75) is 221 Å². The summed E-state index contributed by atoms with van der Waals surface area (Å²) in [5, 5.41) is 2.39. The molecule has 6 heterocycles. The second kappa shape index (κ2) is 27.3. The number of hydrogen-bond acceptors (Lipinski definition) is 8.